The number of rotatable bonds is 15. The second-order valence-corrected chi connectivity index (χ2v) is 13.9. The summed E-state index contributed by atoms with van der Waals surface area (Å²) in [5.74, 6) is -0.739. The Morgan fingerprint density at radius 2 is 0.702 bits per heavy atom. The zero-order valence-electron chi connectivity index (χ0n) is 30.8. The summed E-state index contributed by atoms with van der Waals surface area (Å²) in [6.07, 6.45) is -31.3. The van der Waals surface area contributed by atoms with Crippen molar-refractivity contribution in [2.45, 2.75) is 135 Å². The molecule has 0 spiro atoms. The topological polar surface area (TPSA) is 427 Å². The quantitative estimate of drug-likeness (QED) is 0.0727. The number of methoxy groups -OCH3 is 1. The Labute approximate surface area is 324 Å². The maximum absolute atomic E-state index is 12.3. The molecule has 57 heavy (non-hydrogen) atoms. The molecule has 20 unspecified atom stereocenters. The van der Waals surface area contributed by atoms with Crippen LogP contribution in [-0.4, -0.2) is 269 Å². The van der Waals surface area contributed by atoms with Crippen molar-refractivity contribution in [2.75, 3.05) is 53.4 Å². The van der Waals surface area contributed by atoms with Crippen LogP contribution in [0.1, 0.15) is 6.92 Å². The normalized spacial score (nSPS) is 45.0. The summed E-state index contributed by atoms with van der Waals surface area (Å²) >= 11 is 0. The highest BCUT2D eigenvalue weighted by Gasteiger charge is 2.50. The standard InChI is InChI=1S/C24H43NO19.C7H14O6/c1-8(29)25-24(5-39-21-18(36)15(33)12(30)9(2-26)42-21,6-40-22-19(37)16(34)13(31)10(3-27)43-22)7-41-23-20(38)17(35)14(32)11(4-28)44-23;1-12-7-6(11)5(10)4(9)3(2-8)13-7/h9-23,26-28,30-38H,2-7H2,1H3,(H,25,29);3-11H,2H2,1H3. The number of hydrogen-bond donors (Lipinski definition) is 17. The van der Waals surface area contributed by atoms with Gasteiger partial charge in [-0.1, -0.05) is 0 Å². The Bertz CT molecular complexity index is 1070. The smallest absolute Gasteiger partial charge is 0.217 e. The zero-order valence-corrected chi connectivity index (χ0v) is 30.8. The van der Waals surface area contributed by atoms with Crippen molar-refractivity contribution in [2.24, 2.45) is 0 Å². The van der Waals surface area contributed by atoms with Gasteiger partial charge in [0.1, 0.15) is 103 Å². The van der Waals surface area contributed by atoms with Gasteiger partial charge in [-0.05, 0) is 0 Å². The molecule has 0 saturated carbocycles. The third-order valence-corrected chi connectivity index (χ3v) is 9.64. The molecular formula is C31H57NO25. The van der Waals surface area contributed by atoms with E-state index in [0.29, 0.717) is 0 Å². The molecule has 26 heteroatoms. The van der Waals surface area contributed by atoms with Crippen LogP contribution < -0.4 is 5.32 Å². The average molecular weight is 844 g/mol. The van der Waals surface area contributed by atoms with Crippen molar-refractivity contribution in [3.05, 3.63) is 0 Å². The summed E-state index contributed by atoms with van der Waals surface area (Å²) in [6, 6.07) is 0. The molecule has 4 saturated heterocycles. The first-order chi connectivity index (χ1) is 26.8. The van der Waals surface area contributed by atoms with Crippen LogP contribution in [0, 0.1) is 0 Å². The van der Waals surface area contributed by atoms with Gasteiger partial charge in [-0.15, -0.1) is 0 Å². The number of aliphatic hydroxyl groups excluding tert-OH is 16. The number of hydrogen-bond acceptors (Lipinski definition) is 25. The van der Waals surface area contributed by atoms with Gasteiger partial charge in [-0.2, -0.15) is 0 Å². The number of amides is 1. The van der Waals surface area contributed by atoms with E-state index >= 15 is 0 Å². The maximum atomic E-state index is 12.3. The summed E-state index contributed by atoms with van der Waals surface area (Å²) in [5, 5.41) is 159. The van der Waals surface area contributed by atoms with Crippen LogP contribution in [0.5, 0.6) is 0 Å². The molecule has 20 atom stereocenters. The molecule has 4 aliphatic rings. The molecule has 0 aliphatic carbocycles. The van der Waals surface area contributed by atoms with E-state index in [0.717, 1.165) is 6.92 Å². The van der Waals surface area contributed by atoms with E-state index in [9.17, 15) is 81.4 Å². The first-order valence-electron chi connectivity index (χ1n) is 17.7. The fraction of sp³-hybridized carbons (Fsp3) is 0.968. The molecule has 1 amide bonds. The van der Waals surface area contributed by atoms with Crippen molar-refractivity contribution in [1.82, 2.24) is 5.32 Å². The average Bonchev–Trinajstić information content (AvgIpc) is 3.19. The van der Waals surface area contributed by atoms with E-state index in [4.69, 9.17) is 43.0 Å². The summed E-state index contributed by atoms with van der Waals surface area (Å²) in [7, 11) is 1.30. The van der Waals surface area contributed by atoms with Gasteiger partial charge >= 0.3 is 0 Å². The molecule has 17 N–H and O–H groups in total. The minimum atomic E-state index is -1.91. The lowest BCUT2D eigenvalue weighted by Crippen LogP contribution is -2.65. The Kier molecular flexibility index (Phi) is 19.6. The minimum absolute atomic E-state index is 0.440. The van der Waals surface area contributed by atoms with Crippen molar-refractivity contribution < 1.29 is 124 Å². The molecule has 0 aromatic carbocycles. The van der Waals surface area contributed by atoms with Gasteiger partial charge in [0.25, 0.3) is 0 Å². The van der Waals surface area contributed by atoms with Gasteiger partial charge in [-0.25, -0.2) is 0 Å². The Morgan fingerprint density at radius 3 is 0.930 bits per heavy atom. The van der Waals surface area contributed by atoms with Crippen molar-refractivity contribution in [1.29, 1.82) is 0 Å². The highest BCUT2D eigenvalue weighted by molar-refractivity contribution is 5.73. The molecule has 0 bridgehead atoms. The monoisotopic (exact) mass is 843 g/mol. The predicted molar refractivity (Wildman–Crippen MR) is 176 cm³/mol. The third-order valence-electron chi connectivity index (χ3n) is 9.64. The fourth-order valence-electron chi connectivity index (χ4n) is 6.21. The largest absolute Gasteiger partial charge is 0.394 e. The van der Waals surface area contributed by atoms with Crippen LogP contribution in [0.15, 0.2) is 0 Å². The highest BCUT2D eigenvalue weighted by atomic mass is 16.7. The summed E-state index contributed by atoms with van der Waals surface area (Å²) < 4.78 is 42.5. The number of carbonyl (C=O) groups is 1. The molecule has 4 aliphatic heterocycles. The first-order valence-corrected chi connectivity index (χ1v) is 17.7. The Hall–Kier alpha value is -1.49. The molecular weight excluding hydrogens is 786 g/mol. The highest BCUT2D eigenvalue weighted by Crippen LogP contribution is 2.28. The van der Waals surface area contributed by atoms with E-state index in [1.165, 1.54) is 7.11 Å². The molecule has 4 rings (SSSR count). The van der Waals surface area contributed by atoms with Crippen molar-refractivity contribution in [3.8, 4) is 0 Å². The van der Waals surface area contributed by atoms with E-state index in [1.54, 1.807) is 0 Å². The van der Waals surface area contributed by atoms with Crippen LogP contribution in [-0.2, 0) is 42.7 Å². The van der Waals surface area contributed by atoms with Crippen LogP contribution in [0.25, 0.3) is 0 Å². The molecule has 26 nitrogen and oxygen atoms in total. The van der Waals surface area contributed by atoms with E-state index in [2.05, 4.69) is 5.32 Å². The van der Waals surface area contributed by atoms with E-state index < -0.39 is 181 Å². The van der Waals surface area contributed by atoms with Crippen molar-refractivity contribution in [3.63, 3.8) is 0 Å². The molecule has 4 fully saturated rings. The molecule has 0 radical (unpaired) electrons. The van der Waals surface area contributed by atoms with Gasteiger partial charge in [0.05, 0.1) is 46.2 Å². The van der Waals surface area contributed by atoms with E-state index in [1.807, 2.05) is 0 Å². The fourth-order valence-corrected chi connectivity index (χ4v) is 6.21. The van der Waals surface area contributed by atoms with Crippen molar-refractivity contribution >= 4 is 5.91 Å². The number of nitrogens with one attached hydrogen (secondary N) is 1. The molecule has 336 valence electrons. The Morgan fingerprint density at radius 1 is 0.456 bits per heavy atom. The zero-order chi connectivity index (χ0) is 42.9. The van der Waals surface area contributed by atoms with Crippen LogP contribution >= 0.6 is 0 Å². The van der Waals surface area contributed by atoms with Gasteiger partial charge in [-0.3, -0.25) is 4.79 Å². The maximum Gasteiger partial charge on any atom is 0.217 e. The predicted octanol–water partition coefficient (Wildman–Crippen LogP) is -11.3. The van der Waals surface area contributed by atoms with Crippen LogP contribution in [0.3, 0.4) is 0 Å². The van der Waals surface area contributed by atoms with Crippen LogP contribution in [0.2, 0.25) is 0 Å². The second kappa shape index (κ2) is 22.4. The summed E-state index contributed by atoms with van der Waals surface area (Å²) in [5.41, 5.74) is -1.91. The summed E-state index contributed by atoms with van der Waals surface area (Å²) in [4.78, 5) is 12.3. The second-order valence-electron chi connectivity index (χ2n) is 13.9. The number of aliphatic hydroxyl groups is 16. The minimum Gasteiger partial charge on any atom is -0.394 e. The molecule has 4 heterocycles. The van der Waals surface area contributed by atoms with Crippen LogP contribution in [0.4, 0.5) is 0 Å². The SMILES string of the molecule is CC(=O)NC(COC1OC(CO)C(O)C(O)C1O)(COC1OC(CO)C(O)C(O)C1O)COC1OC(CO)C(O)C(O)C1O.COC1OC(CO)C(O)C(O)C1O. The third kappa shape index (κ3) is 12.1. The number of carbonyl (C=O) groups excluding carboxylic acids is 1. The van der Waals surface area contributed by atoms with Gasteiger partial charge in [0.15, 0.2) is 25.2 Å². The molecule has 0 aromatic heterocycles. The lowest BCUT2D eigenvalue weighted by Gasteiger charge is -2.44. The van der Waals surface area contributed by atoms with Gasteiger partial charge in [0.2, 0.25) is 5.91 Å². The van der Waals surface area contributed by atoms with E-state index in [-0.39, 0.29) is 0 Å². The first kappa shape index (κ1) is 49.9. The summed E-state index contributed by atoms with van der Waals surface area (Å²) in [6.45, 7) is -3.89. The number of ether oxygens (including phenoxy) is 8. The van der Waals surface area contributed by atoms with Gasteiger partial charge < -0.3 is 125 Å². The lowest BCUT2D eigenvalue weighted by atomic mass is 9.98. The van der Waals surface area contributed by atoms with Gasteiger partial charge in [0, 0.05) is 14.0 Å². The lowest BCUT2D eigenvalue weighted by molar-refractivity contribution is -0.324. The molecule has 0 aromatic rings. The Balaban J connectivity index is 0.000000566.